The van der Waals surface area contributed by atoms with Gasteiger partial charge in [-0.3, -0.25) is 4.68 Å². The van der Waals surface area contributed by atoms with E-state index in [1.807, 2.05) is 4.68 Å². The summed E-state index contributed by atoms with van der Waals surface area (Å²) in [6.45, 7) is 0. The van der Waals surface area contributed by atoms with E-state index in [0.29, 0.717) is 12.0 Å². The fraction of sp³-hybridized carbons (Fsp3) is 0.667. The largest absolute Gasteiger partial charge is 0.476 e. The molecular formula is C12H16N2O2. The van der Waals surface area contributed by atoms with Crippen LogP contribution in [0.1, 0.15) is 66.7 Å². The van der Waals surface area contributed by atoms with Gasteiger partial charge in [0, 0.05) is 11.6 Å². The molecule has 0 amide bonds. The van der Waals surface area contributed by atoms with Crippen molar-refractivity contribution in [2.24, 2.45) is 0 Å². The maximum Gasteiger partial charge on any atom is 0.356 e. The summed E-state index contributed by atoms with van der Waals surface area (Å²) in [6.07, 6.45) is 7.20. The average molecular weight is 220 g/mol. The lowest BCUT2D eigenvalue weighted by Gasteiger charge is -2.32. The monoisotopic (exact) mass is 220 g/mol. The van der Waals surface area contributed by atoms with Crippen LogP contribution in [0.5, 0.6) is 0 Å². The molecular weight excluding hydrogens is 204 g/mol. The molecule has 3 rings (SSSR count). The number of nitrogens with zero attached hydrogens (tertiary/aromatic N) is 2. The van der Waals surface area contributed by atoms with Gasteiger partial charge in [-0.15, -0.1) is 0 Å². The van der Waals surface area contributed by atoms with Crippen LogP contribution >= 0.6 is 0 Å². The van der Waals surface area contributed by atoms with E-state index in [-0.39, 0.29) is 5.69 Å². The predicted molar refractivity (Wildman–Crippen MR) is 58.7 cm³/mol. The van der Waals surface area contributed by atoms with Crippen LogP contribution in [0.25, 0.3) is 0 Å². The molecule has 0 unspecified atom stereocenters. The van der Waals surface area contributed by atoms with Gasteiger partial charge in [-0.1, -0.05) is 6.42 Å². The number of carboxylic acid groups (broad SMARTS) is 1. The molecule has 0 atom stereocenters. The quantitative estimate of drug-likeness (QED) is 0.851. The summed E-state index contributed by atoms with van der Waals surface area (Å²) in [5.74, 6) is -0.347. The summed E-state index contributed by atoms with van der Waals surface area (Å²) >= 11 is 0. The van der Waals surface area contributed by atoms with Gasteiger partial charge >= 0.3 is 5.97 Å². The Morgan fingerprint density at radius 1 is 1.31 bits per heavy atom. The van der Waals surface area contributed by atoms with Crippen molar-refractivity contribution in [3.05, 3.63) is 17.5 Å². The Kier molecular flexibility index (Phi) is 2.23. The van der Waals surface area contributed by atoms with Crippen LogP contribution < -0.4 is 0 Å². The molecule has 0 aliphatic heterocycles. The van der Waals surface area contributed by atoms with Gasteiger partial charge in [-0.05, 0) is 38.2 Å². The van der Waals surface area contributed by atoms with Crippen molar-refractivity contribution in [3.8, 4) is 0 Å². The number of hydrogen-bond acceptors (Lipinski definition) is 2. The lowest BCUT2D eigenvalue weighted by molar-refractivity contribution is 0.0688. The third-order valence-corrected chi connectivity index (χ3v) is 3.93. The Morgan fingerprint density at radius 2 is 2.00 bits per heavy atom. The van der Waals surface area contributed by atoms with Gasteiger partial charge in [0.05, 0.1) is 6.04 Å². The van der Waals surface area contributed by atoms with Crippen molar-refractivity contribution in [1.82, 2.24) is 9.78 Å². The van der Waals surface area contributed by atoms with Gasteiger partial charge in [0.25, 0.3) is 0 Å². The fourth-order valence-corrected chi connectivity index (χ4v) is 2.45. The lowest BCUT2D eigenvalue weighted by atomic mass is 9.82. The Hall–Kier alpha value is -1.32. The van der Waals surface area contributed by atoms with Crippen molar-refractivity contribution in [3.63, 3.8) is 0 Å². The molecule has 2 aliphatic carbocycles. The number of carbonyl (C=O) groups is 1. The molecule has 2 saturated carbocycles. The van der Waals surface area contributed by atoms with Crippen LogP contribution in [0, 0.1) is 0 Å². The van der Waals surface area contributed by atoms with Crippen molar-refractivity contribution in [2.75, 3.05) is 0 Å². The van der Waals surface area contributed by atoms with E-state index in [4.69, 9.17) is 5.11 Å². The molecule has 2 aliphatic rings. The number of aromatic carboxylic acids is 1. The Labute approximate surface area is 94.3 Å². The van der Waals surface area contributed by atoms with E-state index in [9.17, 15) is 4.79 Å². The number of carboxylic acids is 1. The van der Waals surface area contributed by atoms with Gasteiger partial charge < -0.3 is 5.11 Å². The van der Waals surface area contributed by atoms with Gasteiger partial charge in [-0.2, -0.15) is 5.10 Å². The molecule has 0 saturated heterocycles. The first-order chi connectivity index (χ1) is 7.75. The minimum atomic E-state index is -0.904. The third kappa shape index (κ3) is 1.44. The summed E-state index contributed by atoms with van der Waals surface area (Å²) in [6, 6.07) is 2.24. The highest BCUT2D eigenvalue weighted by Crippen LogP contribution is 2.40. The molecule has 4 heteroatoms. The molecule has 1 aromatic rings. The molecule has 0 radical (unpaired) electrons. The Balaban J connectivity index is 1.95. The predicted octanol–water partition coefficient (Wildman–Crippen LogP) is 2.57. The first-order valence-corrected chi connectivity index (χ1v) is 6.08. The smallest absolute Gasteiger partial charge is 0.356 e. The lowest BCUT2D eigenvalue weighted by Crippen LogP contribution is -2.23. The average Bonchev–Trinajstić information content (AvgIpc) is 2.43. The molecule has 4 nitrogen and oxygen atoms in total. The highest BCUT2D eigenvalue weighted by molar-refractivity contribution is 5.85. The third-order valence-electron chi connectivity index (χ3n) is 3.93. The van der Waals surface area contributed by atoms with Crippen molar-refractivity contribution in [1.29, 1.82) is 0 Å². The number of rotatable bonds is 3. The van der Waals surface area contributed by atoms with E-state index in [1.54, 1.807) is 6.07 Å². The van der Waals surface area contributed by atoms with Gasteiger partial charge in [0.1, 0.15) is 0 Å². The molecule has 1 heterocycles. The summed E-state index contributed by atoms with van der Waals surface area (Å²) in [5, 5.41) is 13.2. The van der Waals surface area contributed by atoms with Gasteiger partial charge in [0.15, 0.2) is 5.69 Å². The molecule has 1 N–H and O–H groups in total. The minimum Gasteiger partial charge on any atom is -0.476 e. The summed E-state index contributed by atoms with van der Waals surface area (Å²) in [5.41, 5.74) is 1.38. The second-order valence-electron chi connectivity index (χ2n) is 4.92. The molecule has 1 aromatic heterocycles. The van der Waals surface area contributed by atoms with E-state index >= 15 is 0 Å². The maximum absolute atomic E-state index is 10.9. The summed E-state index contributed by atoms with van der Waals surface area (Å²) in [4.78, 5) is 10.9. The zero-order valence-electron chi connectivity index (χ0n) is 9.22. The van der Waals surface area contributed by atoms with Crippen LogP contribution in [0.15, 0.2) is 6.07 Å². The standard InChI is InChI=1S/C12H16N2O2/c15-12(16)10-7-11(8-3-1-4-8)14(13-10)9-5-2-6-9/h7-9H,1-6H2,(H,15,16). The second-order valence-corrected chi connectivity index (χ2v) is 4.92. The minimum absolute atomic E-state index is 0.216. The molecule has 16 heavy (non-hydrogen) atoms. The second kappa shape index (κ2) is 3.61. The van der Waals surface area contributed by atoms with Crippen LogP contribution in [-0.2, 0) is 0 Å². The van der Waals surface area contributed by atoms with Crippen LogP contribution in [-0.4, -0.2) is 20.9 Å². The number of aromatic nitrogens is 2. The van der Waals surface area contributed by atoms with Gasteiger partial charge in [0.2, 0.25) is 0 Å². The fourth-order valence-electron chi connectivity index (χ4n) is 2.45. The number of hydrogen-bond donors (Lipinski definition) is 1. The zero-order valence-corrected chi connectivity index (χ0v) is 9.22. The molecule has 86 valence electrons. The topological polar surface area (TPSA) is 55.1 Å². The van der Waals surface area contributed by atoms with E-state index < -0.39 is 5.97 Å². The van der Waals surface area contributed by atoms with E-state index in [0.717, 1.165) is 18.5 Å². The van der Waals surface area contributed by atoms with Crippen LogP contribution in [0.3, 0.4) is 0 Å². The highest BCUT2D eigenvalue weighted by Gasteiger charge is 2.30. The van der Waals surface area contributed by atoms with Gasteiger partial charge in [-0.25, -0.2) is 4.79 Å². The molecule has 0 bridgehead atoms. The van der Waals surface area contributed by atoms with E-state index in [1.165, 1.54) is 25.7 Å². The first-order valence-electron chi connectivity index (χ1n) is 6.08. The molecule has 2 fully saturated rings. The van der Waals surface area contributed by atoms with Crippen molar-refractivity contribution < 1.29 is 9.90 Å². The molecule has 0 spiro atoms. The highest BCUT2D eigenvalue weighted by atomic mass is 16.4. The van der Waals surface area contributed by atoms with Crippen LogP contribution in [0.2, 0.25) is 0 Å². The Bertz CT molecular complexity index is 385. The molecule has 0 aromatic carbocycles. The van der Waals surface area contributed by atoms with Crippen LogP contribution in [0.4, 0.5) is 0 Å². The normalized spacial score (nSPS) is 21.5. The Morgan fingerprint density at radius 3 is 2.44 bits per heavy atom. The van der Waals surface area contributed by atoms with Crippen molar-refractivity contribution >= 4 is 5.97 Å². The SMILES string of the molecule is O=C(O)c1cc(C2CCC2)n(C2CCC2)n1. The van der Waals surface area contributed by atoms with E-state index in [2.05, 4.69) is 5.10 Å². The summed E-state index contributed by atoms with van der Waals surface area (Å²) < 4.78 is 2.00. The maximum atomic E-state index is 10.9. The van der Waals surface area contributed by atoms with Crippen molar-refractivity contribution in [2.45, 2.75) is 50.5 Å². The first kappa shape index (κ1) is 9.87. The zero-order chi connectivity index (χ0) is 11.1. The summed E-state index contributed by atoms with van der Waals surface area (Å²) in [7, 11) is 0.